The van der Waals surface area contributed by atoms with Crippen LogP contribution < -0.4 is 4.74 Å². The summed E-state index contributed by atoms with van der Waals surface area (Å²) in [6.45, 7) is 0.902. The van der Waals surface area contributed by atoms with E-state index in [1.165, 1.54) is 24.0 Å². The molecule has 1 heterocycles. The van der Waals surface area contributed by atoms with Gasteiger partial charge >= 0.3 is 0 Å². The van der Waals surface area contributed by atoms with Crippen molar-refractivity contribution in [1.29, 1.82) is 0 Å². The molecule has 1 amide bonds. The number of hydrogen-bond acceptors (Lipinski definition) is 2. The van der Waals surface area contributed by atoms with Gasteiger partial charge in [-0.25, -0.2) is 0 Å². The molecule has 2 aromatic carbocycles. The van der Waals surface area contributed by atoms with Crippen molar-refractivity contribution in [2.75, 3.05) is 13.7 Å². The monoisotopic (exact) mass is 375 g/mol. The molecular weight excluding hydrogens is 346 g/mol. The Bertz CT molecular complexity index is 864. The highest BCUT2D eigenvalue weighted by Gasteiger charge is 2.50. The Balaban J connectivity index is 1.32. The van der Waals surface area contributed by atoms with Crippen molar-refractivity contribution in [3.05, 3.63) is 65.7 Å². The van der Waals surface area contributed by atoms with E-state index in [4.69, 9.17) is 4.74 Å². The summed E-state index contributed by atoms with van der Waals surface area (Å²) in [5.74, 6) is 1.98. The Kier molecular flexibility index (Phi) is 4.41. The van der Waals surface area contributed by atoms with Crippen LogP contribution in [0.25, 0.3) is 0 Å². The van der Waals surface area contributed by atoms with E-state index in [0.29, 0.717) is 17.9 Å². The summed E-state index contributed by atoms with van der Waals surface area (Å²) in [4.78, 5) is 15.5. The molecule has 2 bridgehead atoms. The number of fused-ring (bicyclic) bond motifs is 2. The minimum absolute atomic E-state index is 0.202. The molecule has 1 aliphatic heterocycles. The molecule has 0 unspecified atom stereocenters. The topological polar surface area (TPSA) is 29.5 Å². The van der Waals surface area contributed by atoms with Gasteiger partial charge in [0.05, 0.1) is 7.11 Å². The highest BCUT2D eigenvalue weighted by Crippen LogP contribution is 2.52. The lowest BCUT2D eigenvalue weighted by Crippen LogP contribution is -2.54. The Labute approximate surface area is 167 Å². The molecule has 28 heavy (non-hydrogen) atoms. The summed E-state index contributed by atoms with van der Waals surface area (Å²) in [5.41, 5.74) is 2.95. The molecule has 146 valence electrons. The predicted octanol–water partition coefficient (Wildman–Crippen LogP) is 4.91. The largest absolute Gasteiger partial charge is 0.497 e. The molecule has 3 heteroatoms. The van der Waals surface area contributed by atoms with Crippen molar-refractivity contribution in [2.45, 2.75) is 55.9 Å². The van der Waals surface area contributed by atoms with Crippen molar-refractivity contribution in [3.8, 4) is 5.75 Å². The van der Waals surface area contributed by atoms with Crippen molar-refractivity contribution in [1.82, 2.24) is 4.90 Å². The normalized spacial score (nSPS) is 31.3. The number of rotatable bonds is 4. The lowest BCUT2D eigenvalue weighted by Gasteiger charge is -2.51. The Morgan fingerprint density at radius 1 is 1.11 bits per heavy atom. The predicted molar refractivity (Wildman–Crippen MR) is 111 cm³/mol. The van der Waals surface area contributed by atoms with Gasteiger partial charge in [0.15, 0.2) is 0 Å². The number of benzene rings is 2. The molecule has 4 atom stereocenters. The maximum absolute atomic E-state index is 13.3. The van der Waals surface area contributed by atoms with E-state index < -0.39 is 0 Å². The van der Waals surface area contributed by atoms with Gasteiger partial charge in [0.2, 0.25) is 5.91 Å². The van der Waals surface area contributed by atoms with E-state index >= 15 is 0 Å². The number of hydrogen-bond donors (Lipinski definition) is 0. The molecule has 0 N–H and O–H groups in total. The third kappa shape index (κ3) is 3.01. The number of carbonyl (C=O) groups excluding carboxylic acids is 1. The Morgan fingerprint density at radius 2 is 1.96 bits per heavy atom. The van der Waals surface area contributed by atoms with Crippen LogP contribution in [0.15, 0.2) is 54.6 Å². The zero-order chi connectivity index (χ0) is 19.1. The molecule has 0 spiro atoms. The average molecular weight is 376 g/mol. The minimum atomic E-state index is 0.202. The van der Waals surface area contributed by atoms with Gasteiger partial charge < -0.3 is 9.64 Å². The zero-order valence-electron chi connectivity index (χ0n) is 16.6. The molecule has 3 fully saturated rings. The smallest absolute Gasteiger partial charge is 0.226 e. The standard InChI is InChI=1S/C25H29NO2/c1-28-21-11-5-9-19(15-21)25-12-6-10-20(17-25)26(14-13-25)24(27)23-16-22(23)18-7-3-2-4-8-18/h2-5,7-9,11,15,20,22-23H,6,10,12-14,16-17H2,1H3/t20-,22-,23+,25+/m1/s1. The van der Waals surface area contributed by atoms with Crippen molar-refractivity contribution in [2.24, 2.45) is 5.92 Å². The van der Waals surface area contributed by atoms with Crippen LogP contribution in [0.1, 0.15) is 55.6 Å². The minimum Gasteiger partial charge on any atom is -0.497 e. The first-order valence-electron chi connectivity index (χ1n) is 10.7. The summed E-state index contributed by atoms with van der Waals surface area (Å²) in [5, 5.41) is 0. The second-order valence-electron chi connectivity index (χ2n) is 8.90. The lowest BCUT2D eigenvalue weighted by molar-refractivity contribution is -0.138. The summed E-state index contributed by atoms with van der Waals surface area (Å²) >= 11 is 0. The van der Waals surface area contributed by atoms with Crippen LogP contribution >= 0.6 is 0 Å². The van der Waals surface area contributed by atoms with Crippen molar-refractivity contribution in [3.63, 3.8) is 0 Å². The molecule has 3 nitrogen and oxygen atoms in total. The van der Waals surface area contributed by atoms with Crippen LogP contribution in [0.5, 0.6) is 5.75 Å². The van der Waals surface area contributed by atoms with Gasteiger partial charge in [0, 0.05) is 18.5 Å². The number of nitrogens with zero attached hydrogens (tertiary/aromatic N) is 1. The highest BCUT2D eigenvalue weighted by molar-refractivity contribution is 5.83. The first-order chi connectivity index (χ1) is 13.7. The van der Waals surface area contributed by atoms with Crippen LogP contribution in [0.4, 0.5) is 0 Å². The first kappa shape index (κ1) is 17.8. The third-order valence-corrected chi connectivity index (χ3v) is 7.39. The summed E-state index contributed by atoms with van der Waals surface area (Å²) in [6.07, 6.45) is 6.79. The maximum Gasteiger partial charge on any atom is 0.226 e. The number of piperidine rings is 1. The van der Waals surface area contributed by atoms with Gasteiger partial charge in [-0.15, -0.1) is 0 Å². The van der Waals surface area contributed by atoms with E-state index in [1.54, 1.807) is 7.11 Å². The average Bonchev–Trinajstić information content (AvgIpc) is 3.55. The molecule has 0 radical (unpaired) electrons. The maximum atomic E-state index is 13.3. The van der Waals surface area contributed by atoms with E-state index in [9.17, 15) is 4.79 Å². The number of likely N-dealkylation sites (tertiary alicyclic amines) is 1. The molecule has 2 aromatic rings. The van der Waals surface area contributed by atoms with Gasteiger partial charge in [-0.1, -0.05) is 48.9 Å². The van der Waals surface area contributed by atoms with Crippen LogP contribution in [0.2, 0.25) is 0 Å². The second-order valence-corrected chi connectivity index (χ2v) is 8.90. The Morgan fingerprint density at radius 3 is 2.79 bits per heavy atom. The van der Waals surface area contributed by atoms with E-state index in [1.807, 2.05) is 12.1 Å². The van der Waals surface area contributed by atoms with Crippen LogP contribution in [0.3, 0.4) is 0 Å². The van der Waals surface area contributed by atoms with E-state index in [2.05, 4.69) is 47.4 Å². The van der Waals surface area contributed by atoms with Gasteiger partial charge in [0.1, 0.15) is 5.75 Å². The summed E-state index contributed by atoms with van der Waals surface area (Å²) in [7, 11) is 1.74. The van der Waals surface area contributed by atoms with Gasteiger partial charge in [-0.2, -0.15) is 0 Å². The second kappa shape index (κ2) is 6.95. The van der Waals surface area contributed by atoms with Crippen molar-refractivity contribution < 1.29 is 9.53 Å². The fourth-order valence-electron chi connectivity index (χ4n) is 5.74. The molecule has 1 saturated heterocycles. The van der Waals surface area contributed by atoms with Crippen LogP contribution in [-0.4, -0.2) is 30.5 Å². The number of carbonyl (C=O) groups is 1. The molecular formula is C25H29NO2. The lowest BCUT2D eigenvalue weighted by atomic mass is 9.63. The van der Waals surface area contributed by atoms with Gasteiger partial charge in [-0.3, -0.25) is 4.79 Å². The third-order valence-electron chi connectivity index (χ3n) is 7.39. The molecule has 0 aromatic heterocycles. The fourth-order valence-corrected chi connectivity index (χ4v) is 5.74. The first-order valence-corrected chi connectivity index (χ1v) is 10.7. The van der Waals surface area contributed by atoms with E-state index in [0.717, 1.165) is 38.0 Å². The number of methoxy groups -OCH3 is 1. The van der Waals surface area contributed by atoms with E-state index in [-0.39, 0.29) is 11.3 Å². The summed E-state index contributed by atoms with van der Waals surface area (Å²) in [6, 6.07) is 19.6. The van der Waals surface area contributed by atoms with Gasteiger partial charge in [-0.05, 0) is 66.7 Å². The van der Waals surface area contributed by atoms with Crippen LogP contribution in [0, 0.1) is 5.92 Å². The highest BCUT2D eigenvalue weighted by atomic mass is 16.5. The molecule has 3 aliphatic rings. The Hall–Kier alpha value is -2.29. The molecule has 5 rings (SSSR count). The molecule has 2 saturated carbocycles. The zero-order valence-corrected chi connectivity index (χ0v) is 16.6. The van der Waals surface area contributed by atoms with Crippen LogP contribution in [-0.2, 0) is 10.2 Å². The number of ether oxygens (including phenoxy) is 1. The number of amides is 1. The summed E-state index contributed by atoms with van der Waals surface area (Å²) < 4.78 is 5.47. The quantitative estimate of drug-likeness (QED) is 0.760. The van der Waals surface area contributed by atoms with Crippen molar-refractivity contribution >= 4 is 5.91 Å². The van der Waals surface area contributed by atoms with Gasteiger partial charge in [0.25, 0.3) is 0 Å². The molecule has 2 aliphatic carbocycles. The fraction of sp³-hybridized carbons (Fsp3) is 0.480. The SMILES string of the molecule is COc1cccc([C@]23CCC[C@H](C2)N(C(=O)[C@H]2C[C@@H]2c2ccccc2)CC3)c1.